The molecule has 0 bridgehead atoms. The third-order valence-corrected chi connectivity index (χ3v) is 4.00. The molecule has 0 unspecified atom stereocenters. The molecule has 0 aliphatic carbocycles. The van der Waals surface area contributed by atoms with Crippen molar-refractivity contribution in [1.82, 2.24) is 9.97 Å². The second-order valence-electron chi connectivity index (χ2n) is 5.33. The van der Waals surface area contributed by atoms with Gasteiger partial charge in [-0.25, -0.2) is 9.97 Å². The Bertz CT molecular complexity index is 666. The Morgan fingerprint density at radius 3 is 3.00 bits per heavy atom. The lowest BCUT2D eigenvalue weighted by Gasteiger charge is -2.31. The Labute approximate surface area is 134 Å². The number of hydrogen-bond acceptors (Lipinski definition) is 5. The van der Waals surface area contributed by atoms with E-state index in [1.165, 1.54) is 0 Å². The van der Waals surface area contributed by atoms with E-state index in [0.717, 1.165) is 30.8 Å². The van der Waals surface area contributed by atoms with Gasteiger partial charge in [0.05, 0.1) is 18.8 Å². The van der Waals surface area contributed by atoms with Crippen molar-refractivity contribution in [3.63, 3.8) is 0 Å². The SMILES string of the molecule is COc1ccc(Cl)cc1-c1nccc(N2CCC[C@H](O)C2)n1. The van der Waals surface area contributed by atoms with Crippen LogP contribution in [0.4, 0.5) is 5.82 Å². The third kappa shape index (κ3) is 3.15. The quantitative estimate of drug-likeness (QED) is 0.942. The number of aromatic nitrogens is 2. The van der Waals surface area contributed by atoms with E-state index < -0.39 is 0 Å². The number of hydrogen-bond donors (Lipinski definition) is 1. The van der Waals surface area contributed by atoms with Crippen LogP contribution in [0, 0.1) is 0 Å². The van der Waals surface area contributed by atoms with Gasteiger partial charge in [0.1, 0.15) is 11.6 Å². The van der Waals surface area contributed by atoms with Crippen molar-refractivity contribution in [3.05, 3.63) is 35.5 Å². The van der Waals surface area contributed by atoms with Crippen molar-refractivity contribution < 1.29 is 9.84 Å². The Balaban J connectivity index is 1.96. The van der Waals surface area contributed by atoms with E-state index >= 15 is 0 Å². The summed E-state index contributed by atoms with van der Waals surface area (Å²) in [6.45, 7) is 1.49. The van der Waals surface area contributed by atoms with Crippen molar-refractivity contribution in [1.29, 1.82) is 0 Å². The zero-order valence-corrected chi connectivity index (χ0v) is 13.1. The second kappa shape index (κ2) is 6.50. The predicted molar refractivity (Wildman–Crippen MR) is 86.5 cm³/mol. The Morgan fingerprint density at radius 1 is 1.36 bits per heavy atom. The molecule has 1 aliphatic rings. The maximum absolute atomic E-state index is 9.82. The number of piperidine rings is 1. The van der Waals surface area contributed by atoms with E-state index in [4.69, 9.17) is 16.3 Å². The number of aliphatic hydroxyl groups excluding tert-OH is 1. The van der Waals surface area contributed by atoms with Gasteiger partial charge in [0.25, 0.3) is 0 Å². The average molecular weight is 320 g/mol. The minimum Gasteiger partial charge on any atom is -0.496 e. The van der Waals surface area contributed by atoms with Crippen LogP contribution < -0.4 is 9.64 Å². The Hall–Kier alpha value is -1.85. The molecule has 0 saturated carbocycles. The lowest BCUT2D eigenvalue weighted by atomic mass is 10.1. The van der Waals surface area contributed by atoms with Crippen molar-refractivity contribution in [2.24, 2.45) is 0 Å². The van der Waals surface area contributed by atoms with Crippen LogP contribution in [0.1, 0.15) is 12.8 Å². The molecule has 1 aromatic heterocycles. The fourth-order valence-electron chi connectivity index (χ4n) is 2.67. The lowest BCUT2D eigenvalue weighted by molar-refractivity contribution is 0.154. The summed E-state index contributed by atoms with van der Waals surface area (Å²) in [6, 6.07) is 7.23. The van der Waals surface area contributed by atoms with Gasteiger partial charge in [-0.2, -0.15) is 0 Å². The second-order valence-corrected chi connectivity index (χ2v) is 5.76. The number of halogens is 1. The summed E-state index contributed by atoms with van der Waals surface area (Å²) in [6.07, 6.45) is 3.23. The summed E-state index contributed by atoms with van der Waals surface area (Å²) in [5.74, 6) is 2.06. The predicted octanol–water partition coefficient (Wildman–Crippen LogP) is 2.77. The first-order chi connectivity index (χ1) is 10.7. The fourth-order valence-corrected chi connectivity index (χ4v) is 2.84. The summed E-state index contributed by atoms with van der Waals surface area (Å²) in [7, 11) is 1.61. The van der Waals surface area contributed by atoms with Crippen molar-refractivity contribution >= 4 is 17.4 Å². The van der Waals surface area contributed by atoms with E-state index in [-0.39, 0.29) is 6.10 Å². The molecule has 3 rings (SSSR count). The largest absolute Gasteiger partial charge is 0.496 e. The van der Waals surface area contributed by atoms with Gasteiger partial charge in [-0.15, -0.1) is 0 Å². The molecular formula is C16H18ClN3O2. The molecule has 1 saturated heterocycles. The van der Waals surface area contributed by atoms with Crippen LogP contribution in [0.3, 0.4) is 0 Å². The minimum atomic E-state index is -0.298. The standard InChI is InChI=1S/C16H18ClN3O2/c1-22-14-5-4-11(17)9-13(14)16-18-7-6-15(19-16)20-8-2-3-12(21)10-20/h4-7,9,12,21H,2-3,8,10H2,1H3/t12-/m0/s1. The molecule has 5 nitrogen and oxygen atoms in total. The first-order valence-corrected chi connectivity index (χ1v) is 7.65. The van der Waals surface area contributed by atoms with Gasteiger partial charge in [-0.3, -0.25) is 0 Å². The number of rotatable bonds is 3. The van der Waals surface area contributed by atoms with E-state index in [2.05, 4.69) is 14.9 Å². The molecule has 1 aliphatic heterocycles. The smallest absolute Gasteiger partial charge is 0.165 e. The van der Waals surface area contributed by atoms with Crippen LogP contribution >= 0.6 is 11.6 Å². The van der Waals surface area contributed by atoms with Gasteiger partial charge in [-0.1, -0.05) is 11.6 Å². The highest BCUT2D eigenvalue weighted by atomic mass is 35.5. The molecule has 0 radical (unpaired) electrons. The summed E-state index contributed by atoms with van der Waals surface area (Å²) < 4.78 is 5.36. The molecule has 2 aromatic rings. The van der Waals surface area contributed by atoms with Crippen LogP contribution in [-0.4, -0.2) is 41.4 Å². The van der Waals surface area contributed by atoms with E-state index in [1.54, 1.807) is 31.5 Å². The molecule has 1 N–H and O–H groups in total. The van der Waals surface area contributed by atoms with Crippen molar-refractivity contribution in [3.8, 4) is 17.1 Å². The molecular weight excluding hydrogens is 302 g/mol. The number of aliphatic hydroxyl groups is 1. The van der Waals surface area contributed by atoms with Crippen LogP contribution in [-0.2, 0) is 0 Å². The number of benzene rings is 1. The van der Waals surface area contributed by atoms with Crippen LogP contribution in [0.2, 0.25) is 5.02 Å². The van der Waals surface area contributed by atoms with Crippen molar-refractivity contribution in [2.75, 3.05) is 25.1 Å². The molecule has 2 heterocycles. The van der Waals surface area contributed by atoms with Crippen LogP contribution in [0.15, 0.2) is 30.5 Å². The molecule has 0 spiro atoms. The van der Waals surface area contributed by atoms with E-state index in [9.17, 15) is 5.11 Å². The van der Waals surface area contributed by atoms with Gasteiger partial charge >= 0.3 is 0 Å². The summed E-state index contributed by atoms with van der Waals surface area (Å²) in [5.41, 5.74) is 0.759. The molecule has 1 aromatic carbocycles. The summed E-state index contributed by atoms with van der Waals surface area (Å²) >= 11 is 6.08. The Kier molecular flexibility index (Phi) is 4.45. The number of nitrogens with zero attached hydrogens (tertiary/aromatic N) is 3. The number of anilines is 1. The van der Waals surface area contributed by atoms with Gasteiger partial charge in [0, 0.05) is 24.3 Å². The maximum Gasteiger partial charge on any atom is 0.165 e. The molecule has 6 heteroatoms. The van der Waals surface area contributed by atoms with Gasteiger partial charge in [0.2, 0.25) is 0 Å². The normalized spacial score (nSPS) is 18.3. The summed E-state index contributed by atoms with van der Waals surface area (Å²) in [4.78, 5) is 11.0. The lowest BCUT2D eigenvalue weighted by Crippen LogP contribution is -2.38. The third-order valence-electron chi connectivity index (χ3n) is 3.76. The zero-order valence-electron chi connectivity index (χ0n) is 12.4. The van der Waals surface area contributed by atoms with Crippen LogP contribution in [0.25, 0.3) is 11.4 Å². The zero-order chi connectivity index (χ0) is 15.5. The highest BCUT2D eigenvalue weighted by Crippen LogP contribution is 2.31. The average Bonchev–Trinajstić information content (AvgIpc) is 2.55. The molecule has 1 fully saturated rings. The Morgan fingerprint density at radius 2 is 2.23 bits per heavy atom. The first-order valence-electron chi connectivity index (χ1n) is 7.27. The van der Waals surface area contributed by atoms with Gasteiger partial charge < -0.3 is 14.7 Å². The van der Waals surface area contributed by atoms with E-state index in [0.29, 0.717) is 23.1 Å². The van der Waals surface area contributed by atoms with Crippen molar-refractivity contribution in [2.45, 2.75) is 18.9 Å². The number of β-amino-alcohol motifs (C(OH)–C–C–N with tert-alkyl or cyclic N) is 1. The topological polar surface area (TPSA) is 58.5 Å². The van der Waals surface area contributed by atoms with Gasteiger partial charge in [-0.05, 0) is 37.1 Å². The van der Waals surface area contributed by atoms with Crippen LogP contribution in [0.5, 0.6) is 5.75 Å². The molecule has 0 amide bonds. The first kappa shape index (κ1) is 15.1. The van der Waals surface area contributed by atoms with E-state index in [1.807, 2.05) is 6.07 Å². The highest BCUT2D eigenvalue weighted by molar-refractivity contribution is 6.30. The summed E-state index contributed by atoms with van der Waals surface area (Å²) in [5, 5.41) is 10.4. The fraction of sp³-hybridized carbons (Fsp3) is 0.375. The minimum absolute atomic E-state index is 0.298. The maximum atomic E-state index is 9.82. The number of ether oxygens (including phenoxy) is 1. The van der Waals surface area contributed by atoms with Gasteiger partial charge in [0.15, 0.2) is 5.82 Å². The molecule has 116 valence electrons. The highest BCUT2D eigenvalue weighted by Gasteiger charge is 2.20. The number of methoxy groups -OCH3 is 1. The molecule has 1 atom stereocenters. The molecule has 22 heavy (non-hydrogen) atoms. The monoisotopic (exact) mass is 319 g/mol.